The van der Waals surface area contributed by atoms with Gasteiger partial charge in [-0.25, -0.2) is 13.8 Å². The van der Waals surface area contributed by atoms with E-state index in [9.17, 15) is 13.9 Å². The van der Waals surface area contributed by atoms with Crippen molar-refractivity contribution in [1.82, 2.24) is 9.55 Å². The fourth-order valence-electron chi connectivity index (χ4n) is 2.74. The molecule has 6 heteroatoms. The van der Waals surface area contributed by atoms with Crippen LogP contribution in [-0.4, -0.2) is 14.7 Å². The van der Waals surface area contributed by atoms with Crippen LogP contribution in [0.15, 0.2) is 67.8 Å². The highest BCUT2D eigenvalue weighted by Gasteiger charge is 2.37. The second kappa shape index (κ2) is 6.78. The highest BCUT2D eigenvalue weighted by atomic mass is 35.5. The van der Waals surface area contributed by atoms with Crippen LogP contribution in [0.5, 0.6) is 0 Å². The van der Waals surface area contributed by atoms with E-state index >= 15 is 0 Å². The van der Waals surface area contributed by atoms with Crippen LogP contribution in [-0.2, 0) is 12.1 Å². The predicted octanol–water partition coefficient (Wildman–Crippen LogP) is 4.42. The minimum absolute atomic E-state index is 0.0559. The topological polar surface area (TPSA) is 38.0 Å². The Morgan fingerprint density at radius 3 is 2.64 bits per heavy atom. The van der Waals surface area contributed by atoms with Gasteiger partial charge in [0, 0.05) is 29.0 Å². The normalized spacial score (nSPS) is 13.4. The van der Waals surface area contributed by atoms with Gasteiger partial charge in [-0.05, 0) is 29.3 Å². The summed E-state index contributed by atoms with van der Waals surface area (Å²) in [5.74, 6) is -1.59. The van der Waals surface area contributed by atoms with E-state index in [1.165, 1.54) is 12.4 Å². The Morgan fingerprint density at radius 2 is 2.00 bits per heavy atom. The van der Waals surface area contributed by atoms with Gasteiger partial charge in [0.25, 0.3) is 0 Å². The zero-order valence-corrected chi connectivity index (χ0v) is 13.9. The number of imidazole rings is 1. The molecule has 0 amide bonds. The summed E-state index contributed by atoms with van der Waals surface area (Å²) >= 11 is 6.21. The minimum atomic E-state index is -1.84. The van der Waals surface area contributed by atoms with Gasteiger partial charge in [0.15, 0.2) is 0 Å². The fraction of sp³-hybridized carbons (Fsp3) is 0.105. The number of benzene rings is 2. The van der Waals surface area contributed by atoms with E-state index in [0.717, 1.165) is 12.1 Å². The first-order valence-electron chi connectivity index (χ1n) is 7.50. The molecule has 0 aliphatic carbocycles. The van der Waals surface area contributed by atoms with Crippen molar-refractivity contribution in [1.29, 1.82) is 0 Å². The third-order valence-corrected chi connectivity index (χ3v) is 4.38. The molecule has 25 heavy (non-hydrogen) atoms. The smallest absolute Gasteiger partial charge is 0.135 e. The molecule has 1 heterocycles. The Morgan fingerprint density at radius 1 is 1.24 bits per heavy atom. The van der Waals surface area contributed by atoms with E-state index < -0.39 is 17.2 Å². The summed E-state index contributed by atoms with van der Waals surface area (Å²) in [5, 5.41) is 11.8. The van der Waals surface area contributed by atoms with Crippen molar-refractivity contribution in [3.8, 4) is 0 Å². The Hall–Kier alpha value is -2.50. The molecule has 1 unspecified atom stereocenters. The Kier molecular flexibility index (Phi) is 4.70. The molecular formula is C19H15ClF2N2O. The van der Waals surface area contributed by atoms with Crippen molar-refractivity contribution in [2.45, 2.75) is 12.1 Å². The first-order valence-corrected chi connectivity index (χ1v) is 7.87. The molecule has 1 N–H and O–H groups in total. The molecule has 0 bridgehead atoms. The van der Waals surface area contributed by atoms with Gasteiger partial charge in [-0.2, -0.15) is 0 Å². The summed E-state index contributed by atoms with van der Waals surface area (Å²) < 4.78 is 29.4. The summed E-state index contributed by atoms with van der Waals surface area (Å²) in [5.41, 5.74) is -1.25. The molecule has 3 rings (SSSR count). The molecule has 0 spiro atoms. The van der Waals surface area contributed by atoms with Crippen LogP contribution in [0.2, 0.25) is 5.02 Å². The van der Waals surface area contributed by atoms with Crippen molar-refractivity contribution >= 4 is 17.2 Å². The standard InChI is InChI=1S/C19H15ClF2N2O/c1-13(15-4-2-3-5-17(15)20)19(25,11-24-9-8-23-12-24)16-7-6-14(21)10-18(16)22/h2-10,12,25H,1,11H2. The highest BCUT2D eigenvalue weighted by molar-refractivity contribution is 6.32. The molecular weight excluding hydrogens is 346 g/mol. The molecule has 0 fully saturated rings. The van der Waals surface area contributed by atoms with Gasteiger partial charge in [-0.3, -0.25) is 0 Å². The highest BCUT2D eigenvalue weighted by Crippen LogP contribution is 2.40. The van der Waals surface area contributed by atoms with Gasteiger partial charge in [-0.1, -0.05) is 36.4 Å². The van der Waals surface area contributed by atoms with Gasteiger partial charge in [0.1, 0.15) is 17.2 Å². The van der Waals surface area contributed by atoms with Gasteiger partial charge in [-0.15, -0.1) is 0 Å². The van der Waals surface area contributed by atoms with Crippen LogP contribution in [0.3, 0.4) is 0 Å². The van der Waals surface area contributed by atoms with Crippen LogP contribution in [0.4, 0.5) is 8.78 Å². The zero-order chi connectivity index (χ0) is 18.0. The first-order chi connectivity index (χ1) is 11.9. The first kappa shape index (κ1) is 17.3. The van der Waals surface area contributed by atoms with Gasteiger partial charge in [0.05, 0.1) is 12.9 Å². The third kappa shape index (κ3) is 3.34. The maximum Gasteiger partial charge on any atom is 0.135 e. The van der Waals surface area contributed by atoms with Crippen molar-refractivity contribution in [3.05, 3.63) is 95.5 Å². The lowest BCUT2D eigenvalue weighted by molar-refractivity contribution is 0.0767. The largest absolute Gasteiger partial charge is 0.378 e. The average Bonchev–Trinajstić information content (AvgIpc) is 3.07. The molecule has 1 atom stereocenters. The third-order valence-electron chi connectivity index (χ3n) is 4.05. The molecule has 0 saturated carbocycles. The van der Waals surface area contributed by atoms with Gasteiger partial charge >= 0.3 is 0 Å². The monoisotopic (exact) mass is 360 g/mol. The van der Waals surface area contributed by atoms with Crippen LogP contribution < -0.4 is 0 Å². The molecule has 0 aliphatic rings. The lowest BCUT2D eigenvalue weighted by Gasteiger charge is -2.32. The number of hydrogen-bond donors (Lipinski definition) is 1. The van der Waals surface area contributed by atoms with E-state index in [2.05, 4.69) is 11.6 Å². The van der Waals surface area contributed by atoms with Gasteiger partial charge in [0.2, 0.25) is 0 Å². The lowest BCUT2D eigenvalue weighted by atomic mass is 9.82. The number of hydrogen-bond acceptors (Lipinski definition) is 2. The second-order valence-corrected chi connectivity index (χ2v) is 6.09. The molecule has 128 valence electrons. The molecule has 0 radical (unpaired) electrons. The van der Waals surface area contributed by atoms with Crippen molar-refractivity contribution in [3.63, 3.8) is 0 Å². The Labute approximate surface area is 148 Å². The predicted molar refractivity (Wildman–Crippen MR) is 93.0 cm³/mol. The molecule has 1 aromatic heterocycles. The van der Waals surface area contributed by atoms with Crippen LogP contribution >= 0.6 is 11.6 Å². The Bertz CT molecular complexity index is 912. The maximum atomic E-state index is 14.5. The summed E-state index contributed by atoms with van der Waals surface area (Å²) in [6.45, 7) is 3.89. The van der Waals surface area contributed by atoms with E-state index in [4.69, 9.17) is 11.6 Å². The zero-order valence-electron chi connectivity index (χ0n) is 13.2. The van der Waals surface area contributed by atoms with Crippen molar-refractivity contribution in [2.75, 3.05) is 0 Å². The molecule has 3 aromatic rings. The Balaban J connectivity index is 2.15. The van der Waals surface area contributed by atoms with Crippen LogP contribution in [0.1, 0.15) is 11.1 Å². The van der Waals surface area contributed by atoms with Crippen LogP contribution in [0, 0.1) is 11.6 Å². The quantitative estimate of drug-likeness (QED) is 0.731. The number of aliphatic hydroxyl groups is 1. The summed E-state index contributed by atoms with van der Waals surface area (Å²) in [6, 6.07) is 9.86. The summed E-state index contributed by atoms with van der Waals surface area (Å²) in [4.78, 5) is 3.93. The molecule has 2 aromatic carbocycles. The van der Waals surface area contributed by atoms with E-state index in [1.54, 1.807) is 41.2 Å². The summed E-state index contributed by atoms with van der Waals surface area (Å²) in [6.07, 6.45) is 4.66. The molecule has 0 aliphatic heterocycles. The lowest BCUT2D eigenvalue weighted by Crippen LogP contribution is -2.33. The number of halogens is 3. The molecule has 3 nitrogen and oxygen atoms in total. The van der Waals surface area contributed by atoms with Crippen molar-refractivity contribution < 1.29 is 13.9 Å². The fourth-order valence-corrected chi connectivity index (χ4v) is 2.99. The van der Waals surface area contributed by atoms with Crippen LogP contribution in [0.25, 0.3) is 5.57 Å². The van der Waals surface area contributed by atoms with E-state index in [-0.39, 0.29) is 17.7 Å². The maximum absolute atomic E-state index is 14.5. The average molecular weight is 361 g/mol. The second-order valence-electron chi connectivity index (χ2n) is 5.68. The van der Waals surface area contributed by atoms with E-state index in [1.807, 2.05) is 0 Å². The van der Waals surface area contributed by atoms with Gasteiger partial charge < -0.3 is 9.67 Å². The van der Waals surface area contributed by atoms with E-state index in [0.29, 0.717) is 10.6 Å². The number of nitrogens with zero attached hydrogens (tertiary/aromatic N) is 2. The minimum Gasteiger partial charge on any atom is -0.378 e. The molecule has 0 saturated heterocycles. The van der Waals surface area contributed by atoms with Crippen molar-refractivity contribution in [2.24, 2.45) is 0 Å². The number of aromatic nitrogens is 2. The SMILES string of the molecule is C=C(c1ccccc1Cl)C(O)(Cn1ccnc1)c1ccc(F)cc1F. The number of rotatable bonds is 5. The summed E-state index contributed by atoms with van der Waals surface area (Å²) in [7, 11) is 0.